The summed E-state index contributed by atoms with van der Waals surface area (Å²) in [5.41, 5.74) is 6.82. The summed E-state index contributed by atoms with van der Waals surface area (Å²) in [6, 6.07) is 1.66. The van der Waals surface area contributed by atoms with E-state index in [1.54, 1.807) is 33.7 Å². The number of carbonyl (C=O) groups excluding carboxylic acids is 2. The molecule has 1 saturated heterocycles. The maximum atomic E-state index is 12.3. The Morgan fingerprint density at radius 1 is 1.44 bits per heavy atom. The Morgan fingerprint density at radius 2 is 2.17 bits per heavy atom. The Hall–Kier alpha value is -1.98. The number of piperazine rings is 1. The summed E-state index contributed by atoms with van der Waals surface area (Å²) in [5, 5.41) is 0. The van der Waals surface area contributed by atoms with Gasteiger partial charge in [-0.1, -0.05) is 0 Å². The Bertz CT molecular complexity index is 480. The second kappa shape index (κ2) is 4.72. The molecule has 1 aromatic heterocycles. The minimum Gasteiger partial charge on any atom is -0.397 e. The molecule has 0 saturated carbocycles. The number of nitrogens with zero attached hydrogens (tertiary/aromatic N) is 3. The average molecular weight is 250 g/mol. The van der Waals surface area contributed by atoms with Crippen molar-refractivity contribution in [3.8, 4) is 0 Å². The molecule has 2 amide bonds. The van der Waals surface area contributed by atoms with Crippen LogP contribution in [0.5, 0.6) is 0 Å². The highest BCUT2D eigenvalue weighted by molar-refractivity contribution is 5.96. The molecule has 0 radical (unpaired) electrons. The van der Waals surface area contributed by atoms with E-state index in [4.69, 9.17) is 5.73 Å². The first-order chi connectivity index (χ1) is 8.52. The highest BCUT2D eigenvalue weighted by atomic mass is 16.2. The van der Waals surface area contributed by atoms with Gasteiger partial charge in [0.2, 0.25) is 5.91 Å². The standard InChI is InChI=1S/C12H18N4O2/c1-3-15-7-9(13)6-10(15)12(18)16-5-4-14(2)11(17)8-16/h6-7H,3-5,8,13H2,1-2H3. The molecule has 1 aliphatic heterocycles. The van der Waals surface area contributed by atoms with Crippen molar-refractivity contribution in [3.05, 3.63) is 18.0 Å². The normalized spacial score (nSPS) is 16.2. The second-order valence-electron chi connectivity index (χ2n) is 4.49. The van der Waals surface area contributed by atoms with Gasteiger partial charge in [-0.25, -0.2) is 0 Å². The van der Waals surface area contributed by atoms with Crippen LogP contribution in [-0.2, 0) is 11.3 Å². The minimum atomic E-state index is -0.130. The van der Waals surface area contributed by atoms with Crippen molar-refractivity contribution in [2.45, 2.75) is 13.5 Å². The van der Waals surface area contributed by atoms with Crippen LogP contribution in [0.1, 0.15) is 17.4 Å². The predicted molar refractivity (Wildman–Crippen MR) is 68.1 cm³/mol. The van der Waals surface area contributed by atoms with E-state index in [2.05, 4.69) is 0 Å². The van der Waals surface area contributed by atoms with Gasteiger partial charge >= 0.3 is 0 Å². The summed E-state index contributed by atoms with van der Waals surface area (Å²) in [7, 11) is 1.75. The van der Waals surface area contributed by atoms with E-state index in [-0.39, 0.29) is 18.4 Å². The van der Waals surface area contributed by atoms with Gasteiger partial charge in [0.05, 0.1) is 5.69 Å². The largest absolute Gasteiger partial charge is 0.397 e. The van der Waals surface area contributed by atoms with Gasteiger partial charge < -0.3 is 20.1 Å². The first kappa shape index (κ1) is 12.5. The number of nitrogen functional groups attached to an aromatic ring is 1. The van der Waals surface area contributed by atoms with Gasteiger partial charge in [-0.2, -0.15) is 0 Å². The zero-order valence-corrected chi connectivity index (χ0v) is 10.7. The molecule has 2 N–H and O–H groups in total. The third-order valence-electron chi connectivity index (χ3n) is 3.22. The van der Waals surface area contributed by atoms with Crippen LogP contribution in [0.4, 0.5) is 5.69 Å². The van der Waals surface area contributed by atoms with Gasteiger partial charge in [0, 0.05) is 32.9 Å². The molecule has 18 heavy (non-hydrogen) atoms. The van der Waals surface area contributed by atoms with E-state index in [0.29, 0.717) is 31.0 Å². The van der Waals surface area contributed by atoms with Crippen LogP contribution >= 0.6 is 0 Å². The number of hydrogen-bond donors (Lipinski definition) is 1. The van der Waals surface area contributed by atoms with E-state index < -0.39 is 0 Å². The molecule has 2 heterocycles. The van der Waals surface area contributed by atoms with Gasteiger partial charge in [-0.05, 0) is 13.0 Å². The summed E-state index contributed by atoms with van der Waals surface area (Å²) in [6.45, 7) is 3.91. The van der Waals surface area contributed by atoms with Crippen LogP contribution in [-0.4, -0.2) is 52.9 Å². The molecule has 0 atom stereocenters. The van der Waals surface area contributed by atoms with Crippen LogP contribution in [0.15, 0.2) is 12.3 Å². The summed E-state index contributed by atoms with van der Waals surface area (Å²) in [5.74, 6) is -0.160. The number of likely N-dealkylation sites (N-methyl/N-ethyl adjacent to an activating group) is 1. The minimum absolute atomic E-state index is 0.0304. The van der Waals surface area contributed by atoms with Crippen molar-refractivity contribution in [1.82, 2.24) is 14.4 Å². The first-order valence-electron chi connectivity index (χ1n) is 6.01. The van der Waals surface area contributed by atoms with Crippen molar-refractivity contribution in [2.75, 3.05) is 32.4 Å². The smallest absolute Gasteiger partial charge is 0.271 e. The van der Waals surface area contributed by atoms with Crippen LogP contribution in [0, 0.1) is 0 Å². The molecular formula is C12H18N4O2. The second-order valence-corrected chi connectivity index (χ2v) is 4.49. The summed E-state index contributed by atoms with van der Waals surface area (Å²) >= 11 is 0. The maximum absolute atomic E-state index is 12.3. The molecule has 1 fully saturated rings. The molecular weight excluding hydrogens is 232 g/mol. The van der Waals surface area contributed by atoms with Crippen molar-refractivity contribution >= 4 is 17.5 Å². The highest BCUT2D eigenvalue weighted by Gasteiger charge is 2.27. The number of amides is 2. The SMILES string of the molecule is CCn1cc(N)cc1C(=O)N1CCN(C)C(=O)C1. The van der Waals surface area contributed by atoms with Crippen LogP contribution in [0.2, 0.25) is 0 Å². The van der Waals surface area contributed by atoms with Crippen LogP contribution in [0.25, 0.3) is 0 Å². The molecule has 1 aliphatic rings. The maximum Gasteiger partial charge on any atom is 0.271 e. The molecule has 0 unspecified atom stereocenters. The van der Waals surface area contributed by atoms with Crippen molar-refractivity contribution in [1.29, 1.82) is 0 Å². The van der Waals surface area contributed by atoms with Crippen LogP contribution < -0.4 is 5.73 Å². The lowest BCUT2D eigenvalue weighted by atomic mass is 10.2. The topological polar surface area (TPSA) is 71.6 Å². The van der Waals surface area contributed by atoms with Crippen LogP contribution in [0.3, 0.4) is 0 Å². The number of rotatable bonds is 2. The molecule has 0 spiro atoms. The Kier molecular flexibility index (Phi) is 3.27. The van der Waals surface area contributed by atoms with Crippen molar-refractivity contribution < 1.29 is 9.59 Å². The Morgan fingerprint density at radius 3 is 2.78 bits per heavy atom. The number of hydrogen-bond acceptors (Lipinski definition) is 3. The quantitative estimate of drug-likeness (QED) is 0.803. The number of nitrogens with two attached hydrogens (primary N) is 1. The molecule has 6 heteroatoms. The van der Waals surface area contributed by atoms with Gasteiger partial charge in [0.25, 0.3) is 5.91 Å². The molecule has 0 aromatic carbocycles. The number of aromatic nitrogens is 1. The lowest BCUT2D eigenvalue weighted by molar-refractivity contribution is -0.133. The summed E-state index contributed by atoms with van der Waals surface area (Å²) in [6.07, 6.45) is 1.74. The Labute approximate surface area is 106 Å². The Balaban J connectivity index is 2.18. The van der Waals surface area contributed by atoms with Crippen molar-refractivity contribution in [3.63, 3.8) is 0 Å². The third kappa shape index (κ3) is 2.18. The molecule has 0 aliphatic carbocycles. The zero-order chi connectivity index (χ0) is 13.3. The van der Waals surface area contributed by atoms with Gasteiger partial charge in [0.1, 0.15) is 12.2 Å². The van der Waals surface area contributed by atoms with E-state index in [1.807, 2.05) is 6.92 Å². The molecule has 98 valence electrons. The predicted octanol–water partition coefficient (Wildman–Crippen LogP) is 0.00440. The highest BCUT2D eigenvalue weighted by Crippen LogP contribution is 2.14. The number of aryl methyl sites for hydroxylation is 1. The zero-order valence-electron chi connectivity index (χ0n) is 10.7. The van der Waals surface area contributed by atoms with Gasteiger partial charge in [-0.15, -0.1) is 0 Å². The summed E-state index contributed by atoms with van der Waals surface area (Å²) in [4.78, 5) is 27.1. The number of carbonyl (C=O) groups is 2. The fourth-order valence-electron chi connectivity index (χ4n) is 2.07. The monoisotopic (exact) mass is 250 g/mol. The van der Waals surface area contributed by atoms with Crippen molar-refractivity contribution in [2.24, 2.45) is 0 Å². The van der Waals surface area contributed by atoms with E-state index in [0.717, 1.165) is 0 Å². The number of anilines is 1. The van der Waals surface area contributed by atoms with Gasteiger partial charge in [-0.3, -0.25) is 9.59 Å². The molecule has 1 aromatic rings. The van der Waals surface area contributed by atoms with E-state index in [1.165, 1.54) is 0 Å². The molecule has 0 bridgehead atoms. The fraction of sp³-hybridized carbons (Fsp3) is 0.500. The van der Waals surface area contributed by atoms with E-state index in [9.17, 15) is 9.59 Å². The van der Waals surface area contributed by atoms with Gasteiger partial charge in [0.15, 0.2) is 0 Å². The molecule has 6 nitrogen and oxygen atoms in total. The lowest BCUT2D eigenvalue weighted by Gasteiger charge is -2.32. The fourth-order valence-corrected chi connectivity index (χ4v) is 2.07. The third-order valence-corrected chi connectivity index (χ3v) is 3.22. The average Bonchev–Trinajstić information content (AvgIpc) is 2.73. The van der Waals surface area contributed by atoms with E-state index >= 15 is 0 Å². The summed E-state index contributed by atoms with van der Waals surface area (Å²) < 4.78 is 1.81. The lowest BCUT2D eigenvalue weighted by Crippen LogP contribution is -2.50. The molecule has 2 rings (SSSR count). The first-order valence-corrected chi connectivity index (χ1v) is 6.01.